The van der Waals surface area contributed by atoms with Crippen molar-refractivity contribution in [2.75, 3.05) is 6.61 Å². The largest absolute Gasteiger partial charge is 0.328 e. The maximum atomic E-state index is 12.6. The molecule has 0 saturated carbocycles. The molecule has 2 nitrogen and oxygen atoms in total. The summed E-state index contributed by atoms with van der Waals surface area (Å²) in [6.07, 6.45) is 0. The minimum Gasteiger partial charge on any atom is -0.328 e. The van der Waals surface area contributed by atoms with Gasteiger partial charge in [-0.2, -0.15) is 0 Å². The molecule has 0 saturated heterocycles. The van der Waals surface area contributed by atoms with Crippen LogP contribution in [0.25, 0.3) is 0 Å². The van der Waals surface area contributed by atoms with Gasteiger partial charge in [-0.3, -0.25) is 4.57 Å². The summed E-state index contributed by atoms with van der Waals surface area (Å²) in [6.45, 7) is 2.14. The van der Waals surface area contributed by atoms with Gasteiger partial charge in [0.1, 0.15) is 5.82 Å². The minimum absolute atomic E-state index is 0.383. The molecule has 1 aromatic carbocycles. The predicted octanol–water partition coefficient (Wildman–Crippen LogP) is 1.96. The van der Waals surface area contributed by atoms with Crippen LogP contribution in [0.15, 0.2) is 24.3 Å². The molecule has 0 heterocycles. The van der Waals surface area contributed by atoms with Crippen molar-refractivity contribution in [3.05, 3.63) is 30.1 Å². The Morgan fingerprint density at radius 3 is 2.92 bits per heavy atom. The van der Waals surface area contributed by atoms with Gasteiger partial charge in [0.05, 0.1) is 6.61 Å². The van der Waals surface area contributed by atoms with E-state index >= 15 is 0 Å². The molecule has 1 unspecified atom stereocenters. The van der Waals surface area contributed by atoms with Crippen molar-refractivity contribution in [1.29, 1.82) is 0 Å². The van der Waals surface area contributed by atoms with Crippen molar-refractivity contribution in [3.8, 4) is 0 Å². The number of hydrogen-bond acceptors (Lipinski definition) is 2. The molecular weight excluding hydrogens is 178 g/mol. The molecule has 0 spiro atoms. The molecule has 0 aromatic heterocycles. The van der Waals surface area contributed by atoms with E-state index in [9.17, 15) is 8.96 Å². The minimum atomic E-state index is -2.23. The highest BCUT2D eigenvalue weighted by molar-refractivity contribution is 7.48. The quantitative estimate of drug-likeness (QED) is 0.678. The fourth-order valence-electron chi connectivity index (χ4n) is 0.830. The molecule has 1 rings (SSSR count). The molecule has 1 aromatic rings. The Balaban J connectivity index is 2.81. The van der Waals surface area contributed by atoms with Crippen LogP contribution in [0.4, 0.5) is 4.39 Å². The first kappa shape index (κ1) is 9.43. The molecule has 0 fully saturated rings. The first-order chi connectivity index (χ1) is 5.74. The predicted molar refractivity (Wildman–Crippen MR) is 46.7 cm³/mol. The Hall–Kier alpha value is -0.660. The average Bonchev–Trinajstić information content (AvgIpc) is 2.05. The summed E-state index contributed by atoms with van der Waals surface area (Å²) in [5.41, 5.74) is 0. The average molecular weight is 188 g/mol. The van der Waals surface area contributed by atoms with Crippen molar-refractivity contribution in [3.63, 3.8) is 0 Å². The highest BCUT2D eigenvalue weighted by Crippen LogP contribution is 2.20. The Kier molecular flexibility index (Phi) is 3.45. The lowest BCUT2D eigenvalue weighted by atomic mass is 10.4. The zero-order valence-corrected chi connectivity index (χ0v) is 7.71. The molecule has 0 N–H and O–H groups in total. The molecule has 0 aliphatic heterocycles. The van der Waals surface area contributed by atoms with Crippen molar-refractivity contribution < 1.29 is 13.5 Å². The van der Waals surface area contributed by atoms with Crippen LogP contribution in [0, 0.1) is 5.82 Å². The molecule has 12 heavy (non-hydrogen) atoms. The van der Waals surface area contributed by atoms with Crippen LogP contribution < -0.4 is 5.30 Å². The molecule has 4 heteroatoms. The van der Waals surface area contributed by atoms with E-state index < -0.39 is 8.03 Å². The van der Waals surface area contributed by atoms with Crippen LogP contribution in [0.3, 0.4) is 0 Å². The van der Waals surface area contributed by atoms with Gasteiger partial charge in [0.25, 0.3) is 0 Å². The molecular formula is C8H10FO2P. The smallest absolute Gasteiger partial charge is 0.220 e. The van der Waals surface area contributed by atoms with Gasteiger partial charge in [-0.15, -0.1) is 0 Å². The summed E-state index contributed by atoms with van der Waals surface area (Å²) in [5.74, 6) is -0.384. The first-order valence-electron chi connectivity index (χ1n) is 3.66. The van der Waals surface area contributed by atoms with Crippen molar-refractivity contribution in [2.45, 2.75) is 6.92 Å². The topological polar surface area (TPSA) is 26.3 Å². The number of halogens is 1. The standard InChI is InChI=1S/C8H10FO2P/c1-2-11-12(10)8-5-3-4-7(9)6-8/h3-6,12H,2H2,1H3. The van der Waals surface area contributed by atoms with Gasteiger partial charge < -0.3 is 4.52 Å². The Morgan fingerprint density at radius 2 is 2.33 bits per heavy atom. The second-order valence-electron chi connectivity index (χ2n) is 2.23. The Labute approximate surface area is 71.2 Å². The van der Waals surface area contributed by atoms with Gasteiger partial charge in [-0.25, -0.2) is 4.39 Å². The van der Waals surface area contributed by atoms with Crippen molar-refractivity contribution in [1.82, 2.24) is 0 Å². The summed E-state index contributed by atoms with van der Waals surface area (Å²) in [6, 6.07) is 5.66. The van der Waals surface area contributed by atoms with Crippen molar-refractivity contribution >= 4 is 13.3 Å². The van der Waals surface area contributed by atoms with E-state index in [-0.39, 0.29) is 5.82 Å². The molecule has 0 aliphatic rings. The van der Waals surface area contributed by atoms with Crippen LogP contribution in [-0.2, 0) is 9.09 Å². The van der Waals surface area contributed by atoms with Crippen LogP contribution in [0.2, 0.25) is 0 Å². The molecule has 0 aliphatic carbocycles. The molecule has 0 radical (unpaired) electrons. The van der Waals surface area contributed by atoms with Crippen LogP contribution in [0.1, 0.15) is 6.92 Å². The summed E-state index contributed by atoms with van der Waals surface area (Å²) in [5, 5.41) is 0.432. The highest BCUT2D eigenvalue weighted by atomic mass is 31.1. The van der Waals surface area contributed by atoms with Gasteiger partial charge in [0, 0.05) is 5.30 Å². The summed E-state index contributed by atoms with van der Waals surface area (Å²) >= 11 is 0. The van der Waals surface area contributed by atoms with Crippen LogP contribution in [-0.4, -0.2) is 6.61 Å². The molecule has 66 valence electrons. The number of hydrogen-bond donors (Lipinski definition) is 0. The first-order valence-corrected chi connectivity index (χ1v) is 4.98. The maximum Gasteiger partial charge on any atom is 0.220 e. The van der Waals surface area contributed by atoms with Crippen molar-refractivity contribution in [2.24, 2.45) is 0 Å². The third kappa shape index (κ3) is 2.43. The zero-order chi connectivity index (χ0) is 8.97. The molecule has 0 bridgehead atoms. The molecule has 0 amide bonds. The number of rotatable bonds is 3. The monoisotopic (exact) mass is 188 g/mol. The fourth-order valence-corrected chi connectivity index (χ4v) is 1.75. The van der Waals surface area contributed by atoms with E-state index in [4.69, 9.17) is 4.52 Å². The van der Waals surface area contributed by atoms with E-state index in [2.05, 4.69) is 0 Å². The SMILES string of the molecule is CCO[PH](=O)c1cccc(F)c1. The van der Waals surface area contributed by atoms with E-state index in [0.29, 0.717) is 11.9 Å². The third-order valence-corrected chi connectivity index (χ3v) is 2.67. The lowest BCUT2D eigenvalue weighted by Gasteiger charge is -2.00. The Bertz CT molecular complexity index is 288. The van der Waals surface area contributed by atoms with E-state index in [0.717, 1.165) is 0 Å². The van der Waals surface area contributed by atoms with Gasteiger partial charge in [0.2, 0.25) is 8.03 Å². The number of benzene rings is 1. The van der Waals surface area contributed by atoms with Gasteiger partial charge in [-0.05, 0) is 25.1 Å². The second kappa shape index (κ2) is 4.39. The zero-order valence-electron chi connectivity index (χ0n) is 6.71. The van der Waals surface area contributed by atoms with E-state index in [1.54, 1.807) is 13.0 Å². The summed E-state index contributed by atoms with van der Waals surface area (Å²) < 4.78 is 28.6. The lowest BCUT2D eigenvalue weighted by molar-refractivity contribution is 0.357. The Morgan fingerprint density at radius 1 is 1.58 bits per heavy atom. The lowest BCUT2D eigenvalue weighted by Crippen LogP contribution is -1.98. The summed E-state index contributed by atoms with van der Waals surface area (Å²) in [7, 11) is -2.23. The van der Waals surface area contributed by atoms with E-state index in [1.807, 2.05) is 0 Å². The third-order valence-electron chi connectivity index (χ3n) is 1.34. The normalized spacial score (nSPS) is 12.8. The highest BCUT2D eigenvalue weighted by Gasteiger charge is 2.02. The second-order valence-corrected chi connectivity index (χ2v) is 3.67. The van der Waals surface area contributed by atoms with Crippen LogP contribution >= 0.6 is 8.03 Å². The molecule has 1 atom stereocenters. The van der Waals surface area contributed by atoms with Gasteiger partial charge in [-0.1, -0.05) is 6.07 Å². The van der Waals surface area contributed by atoms with Gasteiger partial charge >= 0.3 is 0 Å². The van der Waals surface area contributed by atoms with E-state index in [1.165, 1.54) is 18.2 Å². The van der Waals surface area contributed by atoms with Gasteiger partial charge in [0.15, 0.2) is 0 Å². The summed E-state index contributed by atoms with van der Waals surface area (Å²) in [4.78, 5) is 0. The maximum absolute atomic E-state index is 12.6. The fraction of sp³-hybridized carbons (Fsp3) is 0.250. The van der Waals surface area contributed by atoms with Crippen LogP contribution in [0.5, 0.6) is 0 Å².